The van der Waals surface area contributed by atoms with Gasteiger partial charge in [0.25, 0.3) is 5.91 Å². The molecule has 2 aliphatic heterocycles. The average molecular weight is 375 g/mol. The van der Waals surface area contributed by atoms with E-state index in [9.17, 15) is 9.59 Å². The van der Waals surface area contributed by atoms with Crippen LogP contribution >= 0.6 is 0 Å². The molecular formula is C23H21NO4. The highest BCUT2D eigenvalue weighted by Gasteiger charge is 2.43. The van der Waals surface area contributed by atoms with E-state index in [0.717, 1.165) is 30.6 Å². The Kier molecular flexibility index (Phi) is 4.05. The molecule has 1 saturated heterocycles. The lowest BCUT2D eigenvalue weighted by Crippen LogP contribution is -2.36. The van der Waals surface area contributed by atoms with Gasteiger partial charge in [-0.2, -0.15) is 0 Å². The number of nitrogens with zero attached hydrogens (tertiary/aromatic N) is 1. The molecule has 0 unspecified atom stereocenters. The van der Waals surface area contributed by atoms with Crippen LogP contribution in [0.1, 0.15) is 46.1 Å². The normalized spacial score (nSPS) is 21.5. The van der Waals surface area contributed by atoms with Gasteiger partial charge in [-0.25, -0.2) is 0 Å². The molecule has 5 rings (SSSR count). The van der Waals surface area contributed by atoms with Gasteiger partial charge in [0.05, 0.1) is 23.1 Å². The van der Waals surface area contributed by atoms with Gasteiger partial charge >= 0.3 is 0 Å². The third-order valence-electron chi connectivity index (χ3n) is 5.66. The molecule has 142 valence electrons. The summed E-state index contributed by atoms with van der Waals surface area (Å²) >= 11 is 0. The topological polar surface area (TPSA) is 59.8 Å². The number of hydrogen-bond acceptors (Lipinski definition) is 4. The van der Waals surface area contributed by atoms with Crippen LogP contribution in [0.25, 0.3) is 11.0 Å². The quantitative estimate of drug-likeness (QED) is 0.698. The summed E-state index contributed by atoms with van der Waals surface area (Å²) in [6, 6.07) is 14.7. The first kappa shape index (κ1) is 17.2. The Balaban J connectivity index is 1.71. The minimum Gasteiger partial charge on any atom is -0.450 e. The fraction of sp³-hybridized carbons (Fsp3) is 0.304. The van der Waals surface area contributed by atoms with E-state index < -0.39 is 6.04 Å². The second-order valence-electron chi connectivity index (χ2n) is 7.58. The van der Waals surface area contributed by atoms with E-state index in [-0.39, 0.29) is 23.2 Å². The molecule has 1 aromatic heterocycles. The highest BCUT2D eigenvalue weighted by Crippen LogP contribution is 2.38. The van der Waals surface area contributed by atoms with Gasteiger partial charge in [0.1, 0.15) is 5.58 Å². The van der Waals surface area contributed by atoms with Crippen LogP contribution in [0.15, 0.2) is 57.7 Å². The molecule has 2 aliphatic rings. The van der Waals surface area contributed by atoms with Gasteiger partial charge in [0, 0.05) is 13.2 Å². The molecule has 3 heterocycles. The summed E-state index contributed by atoms with van der Waals surface area (Å²) in [5, 5.41) is 0.520. The van der Waals surface area contributed by atoms with Crippen molar-refractivity contribution in [1.29, 1.82) is 0 Å². The van der Waals surface area contributed by atoms with Crippen molar-refractivity contribution < 1.29 is 13.9 Å². The van der Waals surface area contributed by atoms with Gasteiger partial charge in [-0.05, 0) is 37.5 Å². The maximum absolute atomic E-state index is 13.4. The number of ether oxygens (including phenoxy) is 1. The molecule has 1 amide bonds. The summed E-state index contributed by atoms with van der Waals surface area (Å²) in [5.41, 5.74) is 2.65. The highest BCUT2D eigenvalue weighted by molar-refractivity contribution is 5.99. The number of carbonyl (C=O) groups excluding carboxylic acids is 1. The fourth-order valence-electron chi connectivity index (χ4n) is 4.31. The van der Waals surface area contributed by atoms with E-state index in [2.05, 4.69) is 0 Å². The van der Waals surface area contributed by atoms with Gasteiger partial charge in [-0.1, -0.05) is 42.0 Å². The van der Waals surface area contributed by atoms with E-state index in [1.54, 1.807) is 11.0 Å². The summed E-state index contributed by atoms with van der Waals surface area (Å²) in [6.45, 7) is 3.11. The Morgan fingerprint density at radius 3 is 2.68 bits per heavy atom. The van der Waals surface area contributed by atoms with Gasteiger partial charge in [0.2, 0.25) is 5.76 Å². The van der Waals surface area contributed by atoms with Crippen LogP contribution in [0.5, 0.6) is 0 Å². The van der Waals surface area contributed by atoms with Crippen LogP contribution in [-0.4, -0.2) is 30.1 Å². The van der Waals surface area contributed by atoms with E-state index in [1.807, 2.05) is 49.4 Å². The van der Waals surface area contributed by atoms with E-state index in [1.165, 1.54) is 0 Å². The fourth-order valence-corrected chi connectivity index (χ4v) is 4.31. The summed E-state index contributed by atoms with van der Waals surface area (Å²) in [6.07, 6.45) is 1.91. The first-order valence-electron chi connectivity index (χ1n) is 9.68. The van der Waals surface area contributed by atoms with Crippen LogP contribution in [0.2, 0.25) is 0 Å². The molecule has 1 fully saturated rings. The molecule has 5 nitrogen and oxygen atoms in total. The lowest BCUT2D eigenvalue weighted by molar-refractivity contribution is 0.0486. The van der Waals surface area contributed by atoms with Crippen molar-refractivity contribution in [2.45, 2.75) is 31.9 Å². The standard InChI is InChI=1S/C23H21NO4/c1-14-9-10-18-17(12-14)21(25)19-20(15-6-3-2-4-7-15)24(23(26)22(19)28-18)13-16-8-5-11-27-16/h2-4,6-7,9-10,12,16,20H,5,8,11,13H2,1H3/t16-,20+/m1/s1. The summed E-state index contributed by atoms with van der Waals surface area (Å²) in [5.74, 6) is -0.0767. The highest BCUT2D eigenvalue weighted by atomic mass is 16.5. The zero-order valence-corrected chi connectivity index (χ0v) is 15.7. The molecule has 3 aromatic rings. The van der Waals surface area contributed by atoms with Crippen molar-refractivity contribution in [3.05, 3.63) is 81.2 Å². The maximum Gasteiger partial charge on any atom is 0.291 e. The van der Waals surface area contributed by atoms with Gasteiger partial charge in [-0.3, -0.25) is 9.59 Å². The van der Waals surface area contributed by atoms with Crippen molar-refractivity contribution in [2.75, 3.05) is 13.2 Å². The summed E-state index contributed by atoms with van der Waals surface area (Å²) < 4.78 is 11.7. The van der Waals surface area contributed by atoms with E-state index in [4.69, 9.17) is 9.15 Å². The van der Waals surface area contributed by atoms with Gasteiger partial charge in [0.15, 0.2) is 5.43 Å². The largest absolute Gasteiger partial charge is 0.450 e. The van der Waals surface area contributed by atoms with E-state index >= 15 is 0 Å². The van der Waals surface area contributed by atoms with Crippen LogP contribution in [0.3, 0.4) is 0 Å². The third kappa shape index (κ3) is 2.66. The zero-order chi connectivity index (χ0) is 19.3. The molecule has 0 radical (unpaired) electrons. The minimum atomic E-state index is -0.450. The Bertz CT molecular complexity index is 1110. The SMILES string of the molecule is Cc1ccc2oc3c(c(=O)c2c1)[C@H](c1ccccc1)N(C[C@H]1CCCO1)C3=O. The van der Waals surface area contributed by atoms with Gasteiger partial charge < -0.3 is 14.1 Å². The number of rotatable bonds is 3. The van der Waals surface area contributed by atoms with Crippen LogP contribution in [-0.2, 0) is 4.74 Å². The minimum absolute atomic E-state index is 0.00348. The molecule has 0 aliphatic carbocycles. The third-order valence-corrected chi connectivity index (χ3v) is 5.66. The van der Waals surface area contributed by atoms with Crippen LogP contribution < -0.4 is 5.43 Å². The lowest BCUT2D eigenvalue weighted by Gasteiger charge is -2.27. The number of amides is 1. The van der Waals surface area contributed by atoms with Crippen molar-refractivity contribution in [3.8, 4) is 0 Å². The predicted octanol–water partition coefficient (Wildman–Crippen LogP) is 3.83. The number of carbonyl (C=O) groups is 1. The monoisotopic (exact) mass is 375 g/mol. The molecule has 0 bridgehead atoms. The van der Waals surface area contributed by atoms with Gasteiger partial charge in [-0.15, -0.1) is 0 Å². The smallest absolute Gasteiger partial charge is 0.291 e. The number of benzene rings is 2. The molecule has 0 spiro atoms. The van der Waals surface area contributed by atoms with E-state index in [0.29, 0.717) is 23.1 Å². The molecule has 28 heavy (non-hydrogen) atoms. The van der Waals surface area contributed by atoms with Crippen LogP contribution in [0, 0.1) is 6.92 Å². The maximum atomic E-state index is 13.4. The lowest BCUT2D eigenvalue weighted by atomic mass is 9.98. The Labute approximate surface area is 162 Å². The Morgan fingerprint density at radius 1 is 1.11 bits per heavy atom. The summed E-state index contributed by atoms with van der Waals surface area (Å²) in [7, 11) is 0. The second-order valence-corrected chi connectivity index (χ2v) is 7.58. The Hall–Kier alpha value is -2.92. The second kappa shape index (κ2) is 6.60. The first-order chi connectivity index (χ1) is 13.6. The number of fused-ring (bicyclic) bond motifs is 2. The van der Waals surface area contributed by atoms with Crippen molar-refractivity contribution in [1.82, 2.24) is 4.90 Å². The molecule has 2 aromatic carbocycles. The first-order valence-corrected chi connectivity index (χ1v) is 9.68. The molecule has 2 atom stereocenters. The average Bonchev–Trinajstić information content (AvgIpc) is 3.31. The number of hydrogen-bond donors (Lipinski definition) is 0. The zero-order valence-electron chi connectivity index (χ0n) is 15.7. The molecule has 0 saturated carbocycles. The van der Waals surface area contributed by atoms with Crippen molar-refractivity contribution in [3.63, 3.8) is 0 Å². The molecule has 5 heteroatoms. The van der Waals surface area contributed by atoms with Crippen molar-refractivity contribution in [2.24, 2.45) is 0 Å². The number of aryl methyl sites for hydroxylation is 1. The predicted molar refractivity (Wildman–Crippen MR) is 106 cm³/mol. The van der Waals surface area contributed by atoms with Crippen molar-refractivity contribution >= 4 is 16.9 Å². The molecule has 0 N–H and O–H groups in total. The van der Waals surface area contributed by atoms with Crippen LogP contribution in [0.4, 0.5) is 0 Å². The Morgan fingerprint density at radius 2 is 1.93 bits per heavy atom. The molecular weight excluding hydrogens is 354 g/mol. The summed E-state index contributed by atoms with van der Waals surface area (Å²) in [4.78, 5) is 28.4.